The number of carbonyl (C=O) groups excluding carboxylic acids is 1. The second kappa shape index (κ2) is 7.88. The fraction of sp³-hybridized carbons (Fsp3) is 0.261. The molecule has 5 rings (SSSR count). The number of hydrogen-bond donors (Lipinski definition) is 1. The fourth-order valence-electron chi connectivity index (χ4n) is 3.71. The molecule has 1 aliphatic rings. The number of nitrogens with one attached hydrogen (secondary N) is 1. The summed E-state index contributed by atoms with van der Waals surface area (Å²) in [5.74, 6) is 1.04. The zero-order valence-corrected chi connectivity index (χ0v) is 17.4. The Kier molecular flexibility index (Phi) is 4.91. The molecule has 31 heavy (non-hydrogen) atoms. The molecule has 1 atom stereocenters. The molecule has 0 radical (unpaired) electrons. The predicted octanol–water partition coefficient (Wildman–Crippen LogP) is 3.01. The lowest BCUT2D eigenvalue weighted by Gasteiger charge is -2.24. The minimum Gasteiger partial charge on any atom is -0.485 e. The van der Waals surface area contributed by atoms with Crippen molar-refractivity contribution in [3.8, 4) is 22.6 Å². The van der Waals surface area contributed by atoms with E-state index < -0.39 is 6.10 Å². The van der Waals surface area contributed by atoms with Crippen molar-refractivity contribution in [3.63, 3.8) is 0 Å². The number of aromatic nitrogens is 4. The topological polar surface area (TPSA) is 85.3 Å². The minimum absolute atomic E-state index is 0.162. The number of nitrogens with zero attached hydrogens (tertiary/aromatic N) is 4. The maximum absolute atomic E-state index is 13.4. The normalized spacial score (nSPS) is 15.5. The van der Waals surface area contributed by atoms with Crippen LogP contribution < -0.4 is 9.47 Å². The highest BCUT2D eigenvalue weighted by atomic mass is 16.6. The quantitative estimate of drug-likeness (QED) is 0.486. The number of rotatable bonds is 6. The van der Waals surface area contributed by atoms with Gasteiger partial charge in [0.25, 0.3) is 0 Å². The van der Waals surface area contributed by atoms with Gasteiger partial charge >= 0.3 is 0 Å². The number of fused-ring (bicyclic) bond motifs is 2. The van der Waals surface area contributed by atoms with Gasteiger partial charge in [-0.2, -0.15) is 10.2 Å². The molecule has 0 amide bonds. The SMILES string of the molecule is CN(C)CCn1nc(C(=O)C2COc3ccccc3O2)c2ccc(-c3cn[nH]c3)cc21. The molecule has 2 aromatic carbocycles. The Labute approximate surface area is 179 Å². The van der Waals surface area contributed by atoms with Crippen LogP contribution in [0.2, 0.25) is 0 Å². The smallest absolute Gasteiger partial charge is 0.227 e. The molecule has 2 aromatic heterocycles. The first kappa shape index (κ1) is 19.3. The van der Waals surface area contributed by atoms with E-state index in [9.17, 15) is 4.79 Å². The second-order valence-corrected chi connectivity index (χ2v) is 7.82. The molecule has 4 aromatic rings. The van der Waals surface area contributed by atoms with Crippen LogP contribution in [0.25, 0.3) is 22.0 Å². The van der Waals surface area contributed by atoms with Crippen molar-refractivity contribution in [1.82, 2.24) is 24.9 Å². The first-order chi connectivity index (χ1) is 15.1. The summed E-state index contributed by atoms with van der Waals surface area (Å²) in [6.45, 7) is 1.63. The lowest BCUT2D eigenvalue weighted by molar-refractivity contribution is 0.0581. The van der Waals surface area contributed by atoms with Crippen molar-refractivity contribution in [2.24, 2.45) is 0 Å². The first-order valence-electron chi connectivity index (χ1n) is 10.2. The molecular weight excluding hydrogens is 394 g/mol. The van der Waals surface area contributed by atoms with Gasteiger partial charge in [0, 0.05) is 23.7 Å². The van der Waals surface area contributed by atoms with Gasteiger partial charge in [-0.3, -0.25) is 14.6 Å². The number of carbonyl (C=O) groups is 1. The summed E-state index contributed by atoms with van der Waals surface area (Å²) in [4.78, 5) is 15.5. The third-order valence-electron chi connectivity index (χ3n) is 5.38. The molecule has 1 unspecified atom stereocenters. The van der Waals surface area contributed by atoms with Crippen LogP contribution in [0.3, 0.4) is 0 Å². The molecule has 8 heteroatoms. The number of benzene rings is 2. The highest BCUT2D eigenvalue weighted by Crippen LogP contribution is 2.33. The zero-order valence-electron chi connectivity index (χ0n) is 17.4. The van der Waals surface area contributed by atoms with Gasteiger partial charge in [0.05, 0.1) is 18.3 Å². The van der Waals surface area contributed by atoms with Gasteiger partial charge in [0.15, 0.2) is 17.6 Å². The fourth-order valence-corrected chi connectivity index (χ4v) is 3.71. The average molecular weight is 417 g/mol. The Balaban J connectivity index is 1.52. The molecular formula is C23H23N5O3. The van der Waals surface area contributed by atoms with Crippen LogP contribution in [0.15, 0.2) is 54.9 Å². The van der Waals surface area contributed by atoms with E-state index in [0.717, 1.165) is 28.6 Å². The Morgan fingerprint density at radius 1 is 1.19 bits per heavy atom. The number of likely N-dealkylation sites (N-methyl/N-ethyl adjacent to an activating group) is 1. The summed E-state index contributed by atoms with van der Waals surface area (Å²) in [6, 6.07) is 13.3. The molecule has 0 aliphatic carbocycles. The zero-order chi connectivity index (χ0) is 21.4. The van der Waals surface area contributed by atoms with Crippen molar-refractivity contribution >= 4 is 16.7 Å². The van der Waals surface area contributed by atoms with Crippen molar-refractivity contribution in [2.45, 2.75) is 12.6 Å². The lowest BCUT2D eigenvalue weighted by atomic mass is 10.0. The maximum Gasteiger partial charge on any atom is 0.227 e. The van der Waals surface area contributed by atoms with Crippen molar-refractivity contribution in [2.75, 3.05) is 27.2 Å². The standard InChI is InChI=1S/C23H23N5O3/c1-27(2)9-10-28-18-11-15(16-12-24-25-13-16)7-8-17(18)22(26-28)23(29)21-14-30-19-5-3-4-6-20(19)31-21/h3-8,11-13,21H,9-10,14H2,1-2H3,(H,24,25). The molecule has 1 N–H and O–H groups in total. The molecule has 8 nitrogen and oxygen atoms in total. The summed E-state index contributed by atoms with van der Waals surface area (Å²) in [6.07, 6.45) is 2.89. The number of para-hydroxylation sites is 2. The average Bonchev–Trinajstić information content (AvgIpc) is 3.45. The van der Waals surface area contributed by atoms with E-state index in [-0.39, 0.29) is 12.4 Å². The highest BCUT2D eigenvalue weighted by Gasteiger charge is 2.31. The Hall–Kier alpha value is -3.65. The molecule has 0 fully saturated rings. The van der Waals surface area contributed by atoms with E-state index in [1.807, 2.05) is 61.4 Å². The maximum atomic E-state index is 13.4. The molecule has 158 valence electrons. The third-order valence-corrected chi connectivity index (χ3v) is 5.38. The van der Waals surface area contributed by atoms with E-state index in [1.165, 1.54) is 0 Å². The van der Waals surface area contributed by atoms with Crippen LogP contribution in [-0.4, -0.2) is 64.0 Å². The molecule has 0 saturated heterocycles. The lowest BCUT2D eigenvalue weighted by Crippen LogP contribution is -2.37. The van der Waals surface area contributed by atoms with E-state index in [4.69, 9.17) is 14.6 Å². The Morgan fingerprint density at radius 2 is 2.03 bits per heavy atom. The number of hydrogen-bond acceptors (Lipinski definition) is 6. The van der Waals surface area contributed by atoms with Gasteiger partial charge in [-0.05, 0) is 43.9 Å². The summed E-state index contributed by atoms with van der Waals surface area (Å²) < 4.78 is 13.6. The van der Waals surface area contributed by atoms with Gasteiger partial charge in [-0.25, -0.2) is 0 Å². The Bertz CT molecular complexity index is 1230. The van der Waals surface area contributed by atoms with E-state index >= 15 is 0 Å². The predicted molar refractivity (Wildman–Crippen MR) is 117 cm³/mol. The minimum atomic E-state index is -0.733. The van der Waals surface area contributed by atoms with Gasteiger partial charge in [0.2, 0.25) is 5.78 Å². The van der Waals surface area contributed by atoms with E-state index in [2.05, 4.69) is 15.1 Å². The van der Waals surface area contributed by atoms with Gasteiger partial charge in [-0.15, -0.1) is 0 Å². The van der Waals surface area contributed by atoms with Gasteiger partial charge in [-0.1, -0.05) is 18.2 Å². The Morgan fingerprint density at radius 3 is 2.81 bits per heavy atom. The van der Waals surface area contributed by atoms with Crippen molar-refractivity contribution < 1.29 is 14.3 Å². The second-order valence-electron chi connectivity index (χ2n) is 7.82. The van der Waals surface area contributed by atoms with Crippen LogP contribution in [-0.2, 0) is 6.54 Å². The summed E-state index contributed by atoms with van der Waals surface area (Å²) in [5, 5.41) is 12.4. The van der Waals surface area contributed by atoms with Crippen LogP contribution in [0.5, 0.6) is 11.5 Å². The number of aromatic amines is 1. The molecule has 3 heterocycles. The third kappa shape index (κ3) is 3.66. The van der Waals surface area contributed by atoms with Gasteiger partial charge in [0.1, 0.15) is 12.3 Å². The van der Waals surface area contributed by atoms with Crippen LogP contribution >= 0.6 is 0 Å². The molecule has 0 bridgehead atoms. The molecule has 0 saturated carbocycles. The van der Waals surface area contributed by atoms with Gasteiger partial charge < -0.3 is 14.4 Å². The number of Topliss-reactive ketones (excluding diaryl/α,β-unsaturated/α-hetero) is 1. The van der Waals surface area contributed by atoms with E-state index in [0.29, 0.717) is 23.7 Å². The van der Waals surface area contributed by atoms with Crippen LogP contribution in [0.1, 0.15) is 10.5 Å². The summed E-state index contributed by atoms with van der Waals surface area (Å²) >= 11 is 0. The first-order valence-corrected chi connectivity index (χ1v) is 10.2. The van der Waals surface area contributed by atoms with E-state index in [1.54, 1.807) is 12.3 Å². The van der Waals surface area contributed by atoms with Crippen LogP contribution in [0.4, 0.5) is 0 Å². The summed E-state index contributed by atoms with van der Waals surface area (Å²) in [7, 11) is 4.03. The monoisotopic (exact) mass is 417 g/mol. The van der Waals surface area contributed by atoms with Crippen molar-refractivity contribution in [1.29, 1.82) is 0 Å². The van der Waals surface area contributed by atoms with Crippen molar-refractivity contribution in [3.05, 3.63) is 60.6 Å². The largest absolute Gasteiger partial charge is 0.485 e. The molecule has 1 aliphatic heterocycles. The number of ketones is 1. The highest BCUT2D eigenvalue weighted by molar-refractivity contribution is 6.09. The summed E-state index contributed by atoms with van der Waals surface area (Å²) in [5.41, 5.74) is 3.30. The number of ether oxygens (including phenoxy) is 2. The number of H-pyrrole nitrogens is 1. The van der Waals surface area contributed by atoms with Crippen LogP contribution in [0, 0.1) is 0 Å². The molecule has 0 spiro atoms.